The molecule has 0 radical (unpaired) electrons. The molecule has 4 aromatic carbocycles. The number of benzene rings is 4. The molecule has 0 aliphatic heterocycles. The highest BCUT2D eigenvalue weighted by Crippen LogP contribution is 2.30. The van der Waals surface area contributed by atoms with Gasteiger partial charge in [0.1, 0.15) is 30.6 Å². The number of hydrogen-bond acceptors (Lipinski definition) is 6. The van der Waals surface area contributed by atoms with E-state index in [0.717, 1.165) is 17.2 Å². The molecule has 0 amide bonds. The zero-order chi connectivity index (χ0) is 30.6. The lowest BCUT2D eigenvalue weighted by Gasteiger charge is -2.11. The second-order valence-corrected chi connectivity index (χ2v) is 9.29. The summed E-state index contributed by atoms with van der Waals surface area (Å²) in [6.45, 7) is 0.483. The van der Waals surface area contributed by atoms with Gasteiger partial charge in [0.2, 0.25) is 0 Å². The third-order valence-electron chi connectivity index (χ3n) is 6.17. The third kappa shape index (κ3) is 9.33. The molecule has 0 aliphatic rings. The Hall–Kier alpha value is -5.37. The van der Waals surface area contributed by atoms with Crippen LogP contribution in [0.5, 0.6) is 23.0 Å². The molecule has 1 N–H and O–H groups in total. The fourth-order valence-electron chi connectivity index (χ4n) is 3.90. The lowest BCUT2D eigenvalue weighted by Crippen LogP contribution is -1.98. The van der Waals surface area contributed by atoms with Gasteiger partial charge in [0.05, 0.1) is 14.2 Å². The summed E-state index contributed by atoms with van der Waals surface area (Å²) in [5.41, 5.74) is 3.02. The van der Waals surface area contributed by atoms with Gasteiger partial charge in [-0.05, 0) is 82.9 Å². The van der Waals surface area contributed by atoms with Crippen LogP contribution in [0.2, 0.25) is 0 Å². The lowest BCUT2D eigenvalue weighted by atomic mass is 10.1. The van der Waals surface area contributed by atoms with E-state index >= 15 is 0 Å². The Morgan fingerprint density at radius 3 is 1.53 bits per heavy atom. The summed E-state index contributed by atoms with van der Waals surface area (Å²) in [6.07, 6.45) is 7.05. The number of methoxy groups -OCH3 is 2. The summed E-state index contributed by atoms with van der Waals surface area (Å²) >= 11 is 0. The van der Waals surface area contributed by atoms with Crippen LogP contribution in [0.4, 0.5) is 8.78 Å². The van der Waals surface area contributed by atoms with Gasteiger partial charge in [-0.2, -0.15) is 0 Å². The molecule has 0 saturated heterocycles. The van der Waals surface area contributed by atoms with Crippen LogP contribution in [-0.4, -0.2) is 25.1 Å². The van der Waals surface area contributed by atoms with Gasteiger partial charge in [0.15, 0.2) is 28.8 Å². The molecule has 8 heteroatoms. The first-order valence-electron chi connectivity index (χ1n) is 13.2. The summed E-state index contributed by atoms with van der Waals surface area (Å²) in [4.78, 5) is 12.4. The minimum Gasteiger partial charge on any atom is -0.508 e. The number of halogens is 2. The van der Waals surface area contributed by atoms with Gasteiger partial charge < -0.3 is 24.1 Å². The summed E-state index contributed by atoms with van der Waals surface area (Å²) in [7, 11) is 3.02. The highest BCUT2D eigenvalue weighted by atomic mass is 19.1. The van der Waals surface area contributed by atoms with E-state index in [1.165, 1.54) is 50.6 Å². The minimum absolute atomic E-state index is 0.229. The molecule has 0 heterocycles. The topological polar surface area (TPSA) is 74.2 Å². The van der Waals surface area contributed by atoms with Crippen molar-refractivity contribution < 1.29 is 37.6 Å². The molecule has 0 spiro atoms. The molecule has 4 rings (SSSR count). The standard InChI is InChI=1S/C35H30F2O6/c1-40-34-19-24(9-17-32(34)42-22-26-3-11-28(36)12-4-26)7-15-30(38)21-31(39)16-8-25-10-18-33(35(20-25)41-2)43-23-27-5-13-29(37)14-6-27/h3-21,38H,22-23H2,1-2H3/b15-7+,16-8+,30-21-. The first kappa shape index (κ1) is 30.6. The normalized spacial score (nSPS) is 11.6. The summed E-state index contributed by atoms with van der Waals surface area (Å²) in [6, 6.07) is 22.5. The largest absolute Gasteiger partial charge is 0.508 e. The number of ether oxygens (including phenoxy) is 4. The van der Waals surface area contributed by atoms with Crippen molar-refractivity contribution in [1.29, 1.82) is 0 Å². The Balaban J connectivity index is 1.33. The van der Waals surface area contributed by atoms with Gasteiger partial charge in [-0.15, -0.1) is 0 Å². The Morgan fingerprint density at radius 1 is 0.651 bits per heavy atom. The van der Waals surface area contributed by atoms with Gasteiger partial charge in [-0.25, -0.2) is 8.78 Å². The quantitative estimate of drug-likeness (QED) is 0.0979. The van der Waals surface area contributed by atoms with E-state index in [1.54, 1.807) is 72.8 Å². The smallest absolute Gasteiger partial charge is 0.182 e. The maximum absolute atomic E-state index is 13.1. The molecule has 0 fully saturated rings. The lowest BCUT2D eigenvalue weighted by molar-refractivity contribution is -0.110. The number of aliphatic hydroxyl groups excluding tert-OH is 1. The van der Waals surface area contributed by atoms with Crippen LogP contribution in [0.25, 0.3) is 12.2 Å². The van der Waals surface area contributed by atoms with Crippen molar-refractivity contribution in [3.05, 3.63) is 143 Å². The van der Waals surface area contributed by atoms with E-state index in [4.69, 9.17) is 18.9 Å². The molecular weight excluding hydrogens is 554 g/mol. The highest BCUT2D eigenvalue weighted by Gasteiger charge is 2.08. The summed E-state index contributed by atoms with van der Waals surface area (Å²) < 4.78 is 48.6. The molecule has 0 atom stereocenters. The SMILES string of the molecule is COc1cc(/C=C/C(=O)/C=C(O)/C=C/c2ccc(OCc3ccc(F)cc3)c(OC)c2)ccc1OCc1ccc(F)cc1. The number of carbonyl (C=O) groups is 1. The molecule has 4 aromatic rings. The Morgan fingerprint density at radius 2 is 1.09 bits per heavy atom. The molecule has 0 saturated carbocycles. The molecule has 220 valence electrons. The van der Waals surface area contributed by atoms with E-state index < -0.39 is 5.78 Å². The summed E-state index contributed by atoms with van der Waals surface area (Å²) in [5.74, 6) is 0.687. The van der Waals surface area contributed by atoms with Gasteiger partial charge in [0.25, 0.3) is 0 Å². The van der Waals surface area contributed by atoms with Crippen molar-refractivity contribution in [3.63, 3.8) is 0 Å². The highest BCUT2D eigenvalue weighted by molar-refractivity contribution is 6.02. The average molecular weight is 585 g/mol. The van der Waals surface area contributed by atoms with Crippen LogP contribution >= 0.6 is 0 Å². The maximum atomic E-state index is 13.1. The van der Waals surface area contributed by atoms with E-state index in [2.05, 4.69) is 0 Å². The number of aliphatic hydroxyl groups is 1. The zero-order valence-corrected chi connectivity index (χ0v) is 23.6. The minimum atomic E-state index is -0.417. The molecule has 0 bridgehead atoms. The fourth-order valence-corrected chi connectivity index (χ4v) is 3.90. The van der Waals surface area contributed by atoms with Crippen LogP contribution in [0.15, 0.2) is 109 Å². The van der Waals surface area contributed by atoms with Crippen molar-refractivity contribution in [2.45, 2.75) is 13.2 Å². The summed E-state index contributed by atoms with van der Waals surface area (Å²) in [5, 5.41) is 10.3. The van der Waals surface area contributed by atoms with Gasteiger partial charge in [-0.3, -0.25) is 4.79 Å². The Kier molecular flexibility index (Phi) is 10.7. The molecule has 0 aliphatic carbocycles. The zero-order valence-electron chi connectivity index (χ0n) is 23.6. The number of hydrogen-bond donors (Lipinski definition) is 1. The molecule has 0 unspecified atom stereocenters. The fraction of sp³-hybridized carbons (Fsp3) is 0.114. The second kappa shape index (κ2) is 15.0. The van der Waals surface area contributed by atoms with E-state index in [0.29, 0.717) is 34.1 Å². The molecule has 6 nitrogen and oxygen atoms in total. The van der Waals surface area contributed by atoms with E-state index in [1.807, 2.05) is 0 Å². The predicted octanol–water partition coefficient (Wildman–Crippen LogP) is 7.88. The van der Waals surface area contributed by atoms with E-state index in [9.17, 15) is 18.7 Å². The number of rotatable bonds is 13. The average Bonchev–Trinajstić information content (AvgIpc) is 3.02. The first-order valence-corrected chi connectivity index (χ1v) is 13.2. The van der Waals surface area contributed by atoms with Crippen LogP contribution in [0.1, 0.15) is 22.3 Å². The monoisotopic (exact) mass is 584 g/mol. The van der Waals surface area contributed by atoms with Crippen molar-refractivity contribution in [2.24, 2.45) is 0 Å². The van der Waals surface area contributed by atoms with E-state index in [-0.39, 0.29) is 30.6 Å². The van der Waals surface area contributed by atoms with Crippen LogP contribution in [0, 0.1) is 11.6 Å². The Bertz CT molecular complexity index is 1620. The maximum Gasteiger partial charge on any atom is 0.182 e. The van der Waals surface area contributed by atoms with Crippen LogP contribution < -0.4 is 18.9 Å². The number of carbonyl (C=O) groups excluding carboxylic acids is 1. The van der Waals surface area contributed by atoms with Crippen LogP contribution in [0.3, 0.4) is 0 Å². The first-order chi connectivity index (χ1) is 20.8. The molecule has 43 heavy (non-hydrogen) atoms. The van der Waals surface area contributed by atoms with Gasteiger partial charge >= 0.3 is 0 Å². The predicted molar refractivity (Wildman–Crippen MR) is 161 cm³/mol. The van der Waals surface area contributed by atoms with Crippen LogP contribution in [-0.2, 0) is 18.0 Å². The molecular formula is C35H30F2O6. The van der Waals surface area contributed by atoms with Crippen molar-refractivity contribution in [2.75, 3.05) is 14.2 Å². The van der Waals surface area contributed by atoms with Crippen molar-refractivity contribution >= 4 is 17.9 Å². The van der Waals surface area contributed by atoms with Crippen molar-refractivity contribution in [1.82, 2.24) is 0 Å². The Labute approximate surface area is 248 Å². The second-order valence-electron chi connectivity index (χ2n) is 9.29. The van der Waals surface area contributed by atoms with Gasteiger partial charge in [-0.1, -0.05) is 48.6 Å². The third-order valence-corrected chi connectivity index (χ3v) is 6.17. The number of ketones is 1. The molecule has 0 aromatic heterocycles. The van der Waals surface area contributed by atoms with Crippen molar-refractivity contribution in [3.8, 4) is 23.0 Å². The number of allylic oxidation sites excluding steroid dienone is 3. The van der Waals surface area contributed by atoms with Gasteiger partial charge in [0, 0.05) is 6.08 Å².